The number of nitrogens with one attached hydrogen (secondary N) is 2. The highest BCUT2D eigenvalue weighted by Gasteiger charge is 2.31. The van der Waals surface area contributed by atoms with Gasteiger partial charge < -0.3 is 16.4 Å². The number of alkyl halides is 3. The van der Waals surface area contributed by atoms with Gasteiger partial charge in [0, 0.05) is 19.0 Å². The summed E-state index contributed by atoms with van der Waals surface area (Å²) >= 11 is 0. The number of anilines is 2. The van der Waals surface area contributed by atoms with Crippen molar-refractivity contribution in [1.29, 1.82) is 0 Å². The topological polar surface area (TPSA) is 80.0 Å². The molecule has 0 aliphatic rings. The Morgan fingerprint density at radius 3 is 2.67 bits per heavy atom. The Morgan fingerprint density at radius 2 is 2.10 bits per heavy atom. The van der Waals surface area contributed by atoms with Gasteiger partial charge in [-0.05, 0) is 25.5 Å². The molecule has 1 rings (SSSR count). The summed E-state index contributed by atoms with van der Waals surface area (Å²) in [5.74, 6) is -0.396. The highest BCUT2D eigenvalue weighted by molar-refractivity contribution is 5.76. The molecule has 0 aliphatic carbocycles. The molecular formula is C13H19F3N4O. The van der Waals surface area contributed by atoms with Gasteiger partial charge in [0.15, 0.2) is 0 Å². The summed E-state index contributed by atoms with van der Waals surface area (Å²) in [5, 5.41) is 5.43. The third-order valence-corrected chi connectivity index (χ3v) is 2.85. The summed E-state index contributed by atoms with van der Waals surface area (Å²) in [6, 6.07) is 1.70. The number of carbonyl (C=O) groups is 1. The third-order valence-electron chi connectivity index (χ3n) is 2.85. The van der Waals surface area contributed by atoms with Gasteiger partial charge in [-0.25, -0.2) is 4.98 Å². The summed E-state index contributed by atoms with van der Waals surface area (Å²) in [7, 11) is 0. The maximum Gasteiger partial charge on any atom is 0.416 e. The van der Waals surface area contributed by atoms with Gasteiger partial charge in [0.25, 0.3) is 0 Å². The molecule has 1 aromatic heterocycles. The monoisotopic (exact) mass is 304 g/mol. The van der Waals surface area contributed by atoms with Crippen LogP contribution in [-0.2, 0) is 11.0 Å². The maximum atomic E-state index is 12.6. The molecule has 0 radical (unpaired) electrons. The lowest BCUT2D eigenvalue weighted by atomic mass is 10.2. The predicted octanol–water partition coefficient (Wildman–Crippen LogP) is 2.40. The van der Waals surface area contributed by atoms with Gasteiger partial charge >= 0.3 is 6.18 Å². The van der Waals surface area contributed by atoms with E-state index in [0.717, 1.165) is 18.6 Å². The van der Waals surface area contributed by atoms with Gasteiger partial charge in [-0.1, -0.05) is 6.92 Å². The second kappa shape index (κ2) is 7.14. The minimum absolute atomic E-state index is 0.00124. The Morgan fingerprint density at radius 1 is 1.43 bits per heavy atom. The highest BCUT2D eigenvalue weighted by atomic mass is 19.4. The maximum absolute atomic E-state index is 12.6. The van der Waals surface area contributed by atoms with Crippen molar-refractivity contribution in [2.24, 2.45) is 0 Å². The number of amides is 1. The number of rotatable bonds is 6. The predicted molar refractivity (Wildman–Crippen MR) is 74.7 cm³/mol. The molecule has 0 aliphatic heterocycles. The highest BCUT2D eigenvalue weighted by Crippen LogP contribution is 2.31. The zero-order valence-electron chi connectivity index (χ0n) is 11.9. The van der Waals surface area contributed by atoms with Crippen LogP contribution in [0, 0.1) is 0 Å². The summed E-state index contributed by atoms with van der Waals surface area (Å²) in [6.45, 7) is 3.99. The summed E-state index contributed by atoms with van der Waals surface area (Å²) in [5.41, 5.74) is 4.47. The normalized spacial score (nSPS) is 12.8. The van der Waals surface area contributed by atoms with E-state index in [-0.39, 0.29) is 36.6 Å². The quantitative estimate of drug-likeness (QED) is 0.754. The number of nitrogens with two attached hydrogens (primary N) is 1. The molecule has 0 bridgehead atoms. The first-order valence-corrected chi connectivity index (χ1v) is 6.60. The van der Waals surface area contributed by atoms with Crippen LogP contribution < -0.4 is 16.4 Å². The van der Waals surface area contributed by atoms with Crippen molar-refractivity contribution in [3.8, 4) is 0 Å². The fourth-order valence-electron chi connectivity index (χ4n) is 1.56. The average molecular weight is 304 g/mol. The van der Waals surface area contributed by atoms with Crippen molar-refractivity contribution in [3.63, 3.8) is 0 Å². The molecule has 1 atom stereocenters. The van der Waals surface area contributed by atoms with Crippen molar-refractivity contribution in [3.05, 3.63) is 17.7 Å². The zero-order chi connectivity index (χ0) is 16.0. The van der Waals surface area contributed by atoms with Gasteiger partial charge in [-0.15, -0.1) is 0 Å². The number of hydrogen-bond acceptors (Lipinski definition) is 4. The first-order valence-electron chi connectivity index (χ1n) is 6.60. The molecule has 0 saturated heterocycles. The summed E-state index contributed by atoms with van der Waals surface area (Å²) in [6.07, 6.45) is -3.53. The number of pyridine rings is 1. The fraction of sp³-hybridized carbons (Fsp3) is 0.538. The minimum atomic E-state index is -4.48. The summed E-state index contributed by atoms with van der Waals surface area (Å²) in [4.78, 5) is 15.3. The second-order valence-corrected chi connectivity index (χ2v) is 4.72. The number of nitrogens with zero attached hydrogens (tertiary/aromatic N) is 1. The van der Waals surface area contributed by atoms with Crippen LogP contribution in [-0.4, -0.2) is 23.5 Å². The van der Waals surface area contributed by atoms with Crippen LogP contribution in [0.2, 0.25) is 0 Å². The lowest BCUT2D eigenvalue weighted by Gasteiger charge is -2.13. The third kappa shape index (κ3) is 5.88. The molecule has 0 saturated carbocycles. The molecule has 118 valence electrons. The molecule has 8 heteroatoms. The zero-order valence-corrected chi connectivity index (χ0v) is 11.9. The van der Waals surface area contributed by atoms with Gasteiger partial charge in [-0.3, -0.25) is 4.79 Å². The van der Waals surface area contributed by atoms with E-state index in [1.54, 1.807) is 0 Å². The second-order valence-electron chi connectivity index (χ2n) is 4.72. The smallest absolute Gasteiger partial charge is 0.384 e. The number of halogens is 3. The molecule has 1 heterocycles. The van der Waals surface area contributed by atoms with E-state index in [0.29, 0.717) is 0 Å². The molecule has 0 spiro atoms. The van der Waals surface area contributed by atoms with Crippen molar-refractivity contribution in [2.75, 3.05) is 17.6 Å². The molecular weight excluding hydrogens is 285 g/mol. The van der Waals surface area contributed by atoms with E-state index < -0.39 is 11.7 Å². The van der Waals surface area contributed by atoms with Crippen molar-refractivity contribution in [1.82, 2.24) is 10.3 Å². The minimum Gasteiger partial charge on any atom is -0.384 e. The van der Waals surface area contributed by atoms with Crippen LogP contribution >= 0.6 is 0 Å². The molecule has 4 N–H and O–H groups in total. The SMILES string of the molecule is CCC(C)NC(=O)CCNc1cc(C(F)(F)F)cc(N)n1. The Hall–Kier alpha value is -1.99. The van der Waals surface area contributed by atoms with E-state index in [9.17, 15) is 18.0 Å². The largest absolute Gasteiger partial charge is 0.416 e. The van der Waals surface area contributed by atoms with Crippen molar-refractivity contribution >= 4 is 17.5 Å². The van der Waals surface area contributed by atoms with E-state index in [2.05, 4.69) is 15.6 Å². The van der Waals surface area contributed by atoms with Gasteiger partial charge in [0.1, 0.15) is 11.6 Å². The van der Waals surface area contributed by atoms with Crippen molar-refractivity contribution < 1.29 is 18.0 Å². The van der Waals surface area contributed by atoms with E-state index in [4.69, 9.17) is 5.73 Å². The molecule has 1 unspecified atom stereocenters. The van der Waals surface area contributed by atoms with Crippen LogP contribution in [0.15, 0.2) is 12.1 Å². The fourth-order valence-corrected chi connectivity index (χ4v) is 1.56. The molecule has 0 fully saturated rings. The first kappa shape index (κ1) is 17.1. The van der Waals surface area contributed by atoms with E-state index >= 15 is 0 Å². The van der Waals surface area contributed by atoms with Crippen LogP contribution in [0.5, 0.6) is 0 Å². The van der Waals surface area contributed by atoms with Gasteiger partial charge in [0.05, 0.1) is 5.56 Å². The van der Waals surface area contributed by atoms with Gasteiger partial charge in [-0.2, -0.15) is 13.2 Å². The molecule has 5 nitrogen and oxygen atoms in total. The summed E-state index contributed by atoms with van der Waals surface area (Å²) < 4.78 is 37.8. The lowest BCUT2D eigenvalue weighted by molar-refractivity contribution is -0.137. The van der Waals surface area contributed by atoms with Gasteiger partial charge in [0.2, 0.25) is 5.91 Å². The lowest BCUT2D eigenvalue weighted by Crippen LogP contribution is -2.33. The molecule has 1 aromatic rings. The number of hydrogen-bond donors (Lipinski definition) is 3. The average Bonchev–Trinajstić information content (AvgIpc) is 2.36. The van der Waals surface area contributed by atoms with Crippen molar-refractivity contribution in [2.45, 2.75) is 38.9 Å². The first-order chi connectivity index (χ1) is 9.72. The number of aromatic nitrogens is 1. The van der Waals surface area contributed by atoms with E-state index in [1.165, 1.54) is 0 Å². The van der Waals surface area contributed by atoms with E-state index in [1.807, 2.05) is 13.8 Å². The Kier molecular flexibility index (Phi) is 5.80. The number of carbonyl (C=O) groups excluding carboxylic acids is 1. The molecule has 1 amide bonds. The van der Waals surface area contributed by atoms with Crippen LogP contribution in [0.3, 0.4) is 0 Å². The van der Waals surface area contributed by atoms with Crippen LogP contribution in [0.4, 0.5) is 24.8 Å². The Labute approximate surface area is 121 Å². The standard InChI is InChI=1S/C13H19F3N4O/c1-3-8(2)19-12(21)4-5-18-11-7-9(13(14,15)16)6-10(17)20-11/h6-8H,3-5H2,1-2H3,(H,19,21)(H3,17,18,20). The Balaban J connectivity index is 2.56. The van der Waals surface area contributed by atoms with Crippen LogP contribution in [0.1, 0.15) is 32.3 Å². The molecule has 0 aromatic carbocycles. The Bertz CT molecular complexity index is 491. The molecule has 21 heavy (non-hydrogen) atoms. The number of nitrogen functional groups attached to an aromatic ring is 1. The van der Waals surface area contributed by atoms with Crippen LogP contribution in [0.25, 0.3) is 0 Å².